The zero-order valence-electron chi connectivity index (χ0n) is 9.57. The molecule has 0 aliphatic carbocycles. The van der Waals surface area contributed by atoms with Crippen molar-refractivity contribution in [3.05, 3.63) is 28.2 Å². The smallest absolute Gasteiger partial charge is 0.125 e. The second-order valence-electron chi connectivity index (χ2n) is 3.40. The fourth-order valence-corrected chi connectivity index (χ4v) is 2.20. The number of rotatable bonds is 6. The van der Waals surface area contributed by atoms with Crippen LogP contribution in [0.5, 0.6) is 5.75 Å². The molecule has 0 fully saturated rings. The molecule has 0 aliphatic heterocycles. The Kier molecular flexibility index (Phi) is 6.24. The van der Waals surface area contributed by atoms with Gasteiger partial charge in [-0.25, -0.2) is 0 Å². The van der Waals surface area contributed by atoms with Crippen LogP contribution < -0.4 is 4.74 Å². The highest BCUT2D eigenvalue weighted by molar-refractivity contribution is 9.10. The normalized spacial score (nSPS) is 12.5. The predicted molar refractivity (Wildman–Crippen MR) is 73.3 cm³/mol. The molecule has 0 saturated heterocycles. The van der Waals surface area contributed by atoms with E-state index < -0.39 is 6.10 Å². The summed E-state index contributed by atoms with van der Waals surface area (Å²) in [4.78, 5) is 0. The first-order chi connectivity index (χ1) is 7.65. The first-order valence-electron chi connectivity index (χ1n) is 5.33. The molecule has 0 aromatic heterocycles. The molecule has 0 saturated carbocycles. The quantitative estimate of drug-likeness (QED) is 0.814. The minimum absolute atomic E-state index is 0.508. The van der Waals surface area contributed by atoms with Gasteiger partial charge < -0.3 is 9.84 Å². The first kappa shape index (κ1) is 13.9. The number of thioether (sulfide) groups is 1. The summed E-state index contributed by atoms with van der Waals surface area (Å²) in [6.45, 7) is 4.56. The van der Waals surface area contributed by atoms with Crippen LogP contribution in [0.2, 0.25) is 0 Å². The Bertz CT molecular complexity index is 329. The lowest BCUT2D eigenvalue weighted by atomic mass is 10.1. The minimum atomic E-state index is -0.508. The maximum atomic E-state index is 9.63. The third-order valence-corrected chi connectivity index (χ3v) is 3.47. The fourth-order valence-electron chi connectivity index (χ4n) is 1.33. The number of ether oxygens (including phenoxy) is 1. The first-order valence-corrected chi connectivity index (χ1v) is 7.28. The molecule has 0 radical (unpaired) electrons. The monoisotopic (exact) mass is 304 g/mol. The molecule has 1 atom stereocenters. The molecule has 0 bridgehead atoms. The molecule has 0 unspecified atom stereocenters. The Morgan fingerprint density at radius 1 is 1.50 bits per heavy atom. The molecule has 2 nitrogen and oxygen atoms in total. The number of halogens is 1. The van der Waals surface area contributed by atoms with E-state index in [2.05, 4.69) is 22.9 Å². The fraction of sp³-hybridized carbons (Fsp3) is 0.500. The largest absolute Gasteiger partial charge is 0.492 e. The predicted octanol–water partition coefficient (Wildman–Crippen LogP) is 3.63. The molecular formula is C12H17BrO2S. The highest BCUT2D eigenvalue weighted by Crippen LogP contribution is 2.28. The molecule has 0 spiro atoms. The molecule has 0 aliphatic rings. The van der Waals surface area contributed by atoms with Crippen molar-refractivity contribution in [2.45, 2.75) is 20.0 Å². The van der Waals surface area contributed by atoms with Crippen LogP contribution in [-0.4, -0.2) is 23.2 Å². The molecule has 0 heterocycles. The summed E-state index contributed by atoms with van der Waals surface area (Å²) in [5, 5.41) is 9.63. The summed E-state index contributed by atoms with van der Waals surface area (Å²) in [7, 11) is 0. The van der Waals surface area contributed by atoms with Gasteiger partial charge in [0.05, 0.1) is 12.7 Å². The zero-order chi connectivity index (χ0) is 12.0. The van der Waals surface area contributed by atoms with Gasteiger partial charge in [-0.3, -0.25) is 0 Å². The number of hydrogen-bond acceptors (Lipinski definition) is 3. The Labute approximate surface area is 110 Å². The summed E-state index contributed by atoms with van der Waals surface area (Å²) in [5.41, 5.74) is 0.830. The molecule has 4 heteroatoms. The number of benzene rings is 1. The lowest BCUT2D eigenvalue weighted by Gasteiger charge is -2.13. The van der Waals surface area contributed by atoms with Gasteiger partial charge in [-0.05, 0) is 30.9 Å². The van der Waals surface area contributed by atoms with E-state index >= 15 is 0 Å². The second kappa shape index (κ2) is 7.20. The molecule has 1 N–H and O–H groups in total. The van der Waals surface area contributed by atoms with Gasteiger partial charge in [0.15, 0.2) is 0 Å². The van der Waals surface area contributed by atoms with E-state index in [1.165, 1.54) is 0 Å². The van der Waals surface area contributed by atoms with Gasteiger partial charge in [-0.1, -0.05) is 22.9 Å². The Morgan fingerprint density at radius 2 is 2.25 bits per heavy atom. The van der Waals surface area contributed by atoms with Crippen LogP contribution in [0, 0.1) is 0 Å². The third kappa shape index (κ3) is 4.36. The summed E-state index contributed by atoms with van der Waals surface area (Å²) >= 11 is 5.23. The molecule has 1 aromatic carbocycles. The van der Waals surface area contributed by atoms with Gasteiger partial charge in [-0.15, -0.1) is 0 Å². The van der Waals surface area contributed by atoms with Gasteiger partial charge in [0, 0.05) is 15.8 Å². The summed E-state index contributed by atoms with van der Waals surface area (Å²) in [6.07, 6.45) is -0.508. The second-order valence-corrected chi connectivity index (χ2v) is 5.71. The number of hydrogen-bond donors (Lipinski definition) is 1. The van der Waals surface area contributed by atoms with Crippen LogP contribution >= 0.6 is 27.7 Å². The molecule has 0 amide bonds. The Morgan fingerprint density at radius 3 is 2.88 bits per heavy atom. The molecule has 1 rings (SSSR count). The maximum Gasteiger partial charge on any atom is 0.125 e. The van der Waals surface area contributed by atoms with Crippen LogP contribution in [0.25, 0.3) is 0 Å². The van der Waals surface area contributed by atoms with E-state index in [0.29, 0.717) is 6.61 Å². The van der Waals surface area contributed by atoms with Gasteiger partial charge in [0.1, 0.15) is 5.75 Å². The van der Waals surface area contributed by atoms with E-state index in [4.69, 9.17) is 4.74 Å². The molecular weight excluding hydrogens is 288 g/mol. The van der Waals surface area contributed by atoms with Crippen molar-refractivity contribution < 1.29 is 9.84 Å². The number of aliphatic hydroxyl groups excluding tert-OH is 1. The Hall–Kier alpha value is -0.190. The van der Waals surface area contributed by atoms with Crippen LogP contribution in [0.4, 0.5) is 0 Å². The van der Waals surface area contributed by atoms with Gasteiger partial charge in [0.2, 0.25) is 0 Å². The molecule has 16 heavy (non-hydrogen) atoms. The summed E-state index contributed by atoms with van der Waals surface area (Å²) in [6, 6.07) is 5.71. The average molecular weight is 305 g/mol. The van der Waals surface area contributed by atoms with Crippen LogP contribution in [0.15, 0.2) is 22.7 Å². The van der Waals surface area contributed by atoms with Gasteiger partial charge in [-0.2, -0.15) is 11.8 Å². The Balaban J connectivity index is 2.64. The number of aliphatic hydroxyl groups is 1. The van der Waals surface area contributed by atoms with Gasteiger partial charge in [0.25, 0.3) is 0 Å². The van der Waals surface area contributed by atoms with E-state index in [-0.39, 0.29) is 0 Å². The lowest BCUT2D eigenvalue weighted by molar-refractivity contribution is 0.192. The van der Waals surface area contributed by atoms with Crippen LogP contribution in [-0.2, 0) is 0 Å². The third-order valence-electron chi connectivity index (χ3n) is 2.11. The summed E-state index contributed by atoms with van der Waals surface area (Å²) in [5.74, 6) is 2.86. The van der Waals surface area contributed by atoms with Crippen molar-refractivity contribution >= 4 is 27.7 Å². The molecule has 90 valence electrons. The topological polar surface area (TPSA) is 29.5 Å². The highest BCUT2D eigenvalue weighted by atomic mass is 79.9. The van der Waals surface area contributed by atoms with Crippen LogP contribution in [0.3, 0.4) is 0 Å². The van der Waals surface area contributed by atoms with Crippen molar-refractivity contribution in [3.8, 4) is 5.75 Å². The van der Waals surface area contributed by atoms with E-state index in [1.807, 2.05) is 30.0 Å². The summed E-state index contributed by atoms with van der Waals surface area (Å²) < 4.78 is 6.61. The van der Waals surface area contributed by atoms with Crippen molar-refractivity contribution in [1.82, 2.24) is 0 Å². The van der Waals surface area contributed by atoms with E-state index in [1.54, 1.807) is 6.92 Å². The SMILES string of the molecule is CCSCCOc1ccc(Br)cc1[C@H](C)O. The zero-order valence-corrected chi connectivity index (χ0v) is 12.0. The van der Waals surface area contributed by atoms with Crippen molar-refractivity contribution in [1.29, 1.82) is 0 Å². The average Bonchev–Trinajstić information content (AvgIpc) is 2.26. The minimum Gasteiger partial charge on any atom is -0.492 e. The van der Waals surface area contributed by atoms with Crippen molar-refractivity contribution in [3.63, 3.8) is 0 Å². The van der Waals surface area contributed by atoms with E-state index in [9.17, 15) is 5.11 Å². The van der Waals surface area contributed by atoms with E-state index in [0.717, 1.165) is 27.3 Å². The van der Waals surface area contributed by atoms with Crippen molar-refractivity contribution in [2.75, 3.05) is 18.1 Å². The standard InChI is InChI=1S/C12H17BrO2S/c1-3-16-7-6-15-12-5-4-10(13)8-11(12)9(2)14/h4-5,8-9,14H,3,6-7H2,1-2H3/t9-/m0/s1. The highest BCUT2D eigenvalue weighted by Gasteiger charge is 2.09. The lowest BCUT2D eigenvalue weighted by Crippen LogP contribution is -2.04. The van der Waals surface area contributed by atoms with Gasteiger partial charge >= 0.3 is 0 Å². The van der Waals surface area contributed by atoms with Crippen LogP contribution in [0.1, 0.15) is 25.5 Å². The maximum absolute atomic E-state index is 9.63. The van der Waals surface area contributed by atoms with Crippen molar-refractivity contribution in [2.24, 2.45) is 0 Å². The molecule has 1 aromatic rings.